The van der Waals surface area contributed by atoms with Crippen LogP contribution in [-0.2, 0) is 0 Å². The molecule has 5 nitrogen and oxygen atoms in total. The molecular weight excluding hydrogens is 285 g/mol. The summed E-state index contributed by atoms with van der Waals surface area (Å²) >= 11 is 0. The van der Waals surface area contributed by atoms with E-state index in [1.54, 1.807) is 13.0 Å². The number of amides is 1. The molecule has 0 aliphatic rings. The van der Waals surface area contributed by atoms with E-state index >= 15 is 0 Å². The normalized spacial score (nSPS) is 10.5. The van der Waals surface area contributed by atoms with Crippen LogP contribution in [-0.4, -0.2) is 22.4 Å². The van der Waals surface area contributed by atoms with E-state index in [2.05, 4.69) is 15.3 Å². The molecule has 116 valence electrons. The Hall–Kier alpha value is -2.50. The maximum absolute atomic E-state index is 13.3. The molecule has 0 spiro atoms. The number of aromatic amines is 1. The van der Waals surface area contributed by atoms with Crippen LogP contribution in [0.3, 0.4) is 0 Å². The van der Waals surface area contributed by atoms with E-state index in [0.717, 1.165) is 12.8 Å². The van der Waals surface area contributed by atoms with Gasteiger partial charge in [-0.1, -0.05) is 13.3 Å². The van der Waals surface area contributed by atoms with Gasteiger partial charge in [-0.2, -0.15) is 4.98 Å². The Morgan fingerprint density at radius 2 is 2.14 bits per heavy atom. The van der Waals surface area contributed by atoms with Crippen molar-refractivity contribution in [1.82, 2.24) is 15.3 Å². The molecule has 0 fully saturated rings. The van der Waals surface area contributed by atoms with Gasteiger partial charge in [-0.25, -0.2) is 9.18 Å². The molecule has 1 heterocycles. The summed E-state index contributed by atoms with van der Waals surface area (Å²) in [6.07, 6.45) is 1.83. The summed E-state index contributed by atoms with van der Waals surface area (Å²) in [5, 5.41) is 2.73. The van der Waals surface area contributed by atoms with Crippen LogP contribution in [0.1, 0.15) is 35.8 Å². The Morgan fingerprint density at radius 3 is 2.82 bits per heavy atom. The highest BCUT2D eigenvalue weighted by Gasteiger charge is 2.11. The standard InChI is InChI=1S/C16H18FN3O2/c1-3-4-7-18-15(21)14-9-13(19-16(22)20-14)11-5-6-12(17)10(2)8-11/h5-6,8-9H,3-4,7H2,1-2H3,(H,18,21)(H,19,20,22). The first-order chi connectivity index (χ1) is 10.5. The predicted octanol–water partition coefficient (Wildman–Crippen LogP) is 2.41. The van der Waals surface area contributed by atoms with Gasteiger partial charge in [0.1, 0.15) is 11.5 Å². The van der Waals surface area contributed by atoms with Crippen molar-refractivity contribution in [3.8, 4) is 11.3 Å². The van der Waals surface area contributed by atoms with Crippen LogP contribution in [0.2, 0.25) is 0 Å². The van der Waals surface area contributed by atoms with E-state index < -0.39 is 5.69 Å². The summed E-state index contributed by atoms with van der Waals surface area (Å²) in [6.45, 7) is 4.20. The number of halogens is 1. The zero-order valence-corrected chi connectivity index (χ0v) is 12.6. The number of aryl methyl sites for hydroxylation is 1. The molecule has 1 aromatic carbocycles. The van der Waals surface area contributed by atoms with Gasteiger partial charge in [-0.05, 0) is 43.2 Å². The lowest BCUT2D eigenvalue weighted by Crippen LogP contribution is -2.28. The Kier molecular flexibility index (Phi) is 5.04. The SMILES string of the molecule is CCCCNC(=O)c1cc(-c2ccc(F)c(C)c2)nc(=O)[nH]1. The van der Waals surface area contributed by atoms with Gasteiger partial charge in [-0.3, -0.25) is 4.79 Å². The molecule has 1 amide bonds. The van der Waals surface area contributed by atoms with Gasteiger partial charge in [-0.15, -0.1) is 0 Å². The van der Waals surface area contributed by atoms with Gasteiger partial charge >= 0.3 is 5.69 Å². The maximum atomic E-state index is 13.3. The molecular formula is C16H18FN3O2. The number of carbonyl (C=O) groups excluding carboxylic acids is 1. The zero-order chi connectivity index (χ0) is 16.1. The lowest BCUT2D eigenvalue weighted by Gasteiger charge is -2.07. The highest BCUT2D eigenvalue weighted by atomic mass is 19.1. The fourth-order valence-corrected chi connectivity index (χ4v) is 2.01. The Bertz CT molecular complexity index is 740. The monoisotopic (exact) mass is 303 g/mol. The van der Waals surface area contributed by atoms with Gasteiger partial charge < -0.3 is 10.3 Å². The third kappa shape index (κ3) is 3.78. The second-order valence-corrected chi connectivity index (χ2v) is 5.06. The predicted molar refractivity (Wildman–Crippen MR) is 82.2 cm³/mol. The molecule has 0 radical (unpaired) electrons. The maximum Gasteiger partial charge on any atom is 0.346 e. The first-order valence-corrected chi connectivity index (χ1v) is 7.17. The van der Waals surface area contributed by atoms with Crippen LogP contribution < -0.4 is 11.0 Å². The summed E-state index contributed by atoms with van der Waals surface area (Å²) in [7, 11) is 0. The average Bonchev–Trinajstić information content (AvgIpc) is 2.49. The molecule has 2 aromatic rings. The van der Waals surface area contributed by atoms with E-state index in [4.69, 9.17) is 0 Å². The molecule has 0 atom stereocenters. The van der Waals surface area contributed by atoms with Crippen LogP contribution in [0.5, 0.6) is 0 Å². The Balaban J connectivity index is 2.32. The van der Waals surface area contributed by atoms with Crippen LogP contribution in [0.4, 0.5) is 4.39 Å². The van der Waals surface area contributed by atoms with E-state index in [-0.39, 0.29) is 17.4 Å². The molecule has 0 bridgehead atoms. The summed E-state index contributed by atoms with van der Waals surface area (Å²) in [5.74, 6) is -0.681. The van der Waals surface area contributed by atoms with E-state index in [9.17, 15) is 14.0 Å². The van der Waals surface area contributed by atoms with Crippen molar-refractivity contribution in [1.29, 1.82) is 0 Å². The minimum Gasteiger partial charge on any atom is -0.351 e. The van der Waals surface area contributed by atoms with E-state index in [1.165, 1.54) is 18.2 Å². The second-order valence-electron chi connectivity index (χ2n) is 5.06. The van der Waals surface area contributed by atoms with Gasteiger partial charge in [0.2, 0.25) is 0 Å². The average molecular weight is 303 g/mol. The van der Waals surface area contributed by atoms with Gasteiger partial charge in [0, 0.05) is 12.1 Å². The zero-order valence-electron chi connectivity index (χ0n) is 12.6. The number of nitrogens with one attached hydrogen (secondary N) is 2. The quantitative estimate of drug-likeness (QED) is 0.833. The van der Waals surface area contributed by atoms with Crippen molar-refractivity contribution < 1.29 is 9.18 Å². The molecule has 0 aliphatic carbocycles. The molecule has 22 heavy (non-hydrogen) atoms. The smallest absolute Gasteiger partial charge is 0.346 e. The third-order valence-corrected chi connectivity index (χ3v) is 3.26. The lowest BCUT2D eigenvalue weighted by atomic mass is 10.1. The van der Waals surface area contributed by atoms with E-state index in [1.807, 2.05) is 6.92 Å². The first kappa shape index (κ1) is 15.9. The topological polar surface area (TPSA) is 74.8 Å². The van der Waals surface area contributed by atoms with Crippen molar-refractivity contribution in [3.05, 3.63) is 51.8 Å². The number of carbonyl (C=O) groups is 1. The third-order valence-electron chi connectivity index (χ3n) is 3.26. The molecule has 0 saturated carbocycles. The van der Waals surface area contributed by atoms with E-state index in [0.29, 0.717) is 23.4 Å². The van der Waals surface area contributed by atoms with Crippen molar-refractivity contribution in [2.75, 3.05) is 6.54 Å². The fraction of sp³-hybridized carbons (Fsp3) is 0.312. The minimum absolute atomic E-state index is 0.146. The number of nitrogens with zero attached hydrogens (tertiary/aromatic N) is 1. The summed E-state index contributed by atoms with van der Waals surface area (Å²) in [4.78, 5) is 29.9. The molecule has 0 saturated heterocycles. The number of hydrogen-bond donors (Lipinski definition) is 2. The Morgan fingerprint density at radius 1 is 1.36 bits per heavy atom. The molecule has 0 aliphatic heterocycles. The van der Waals surface area contributed by atoms with Crippen molar-refractivity contribution in [2.24, 2.45) is 0 Å². The largest absolute Gasteiger partial charge is 0.351 e. The highest BCUT2D eigenvalue weighted by molar-refractivity contribution is 5.93. The molecule has 1 aromatic heterocycles. The second kappa shape index (κ2) is 6.98. The van der Waals surface area contributed by atoms with Gasteiger partial charge in [0.15, 0.2) is 0 Å². The molecule has 2 N–H and O–H groups in total. The highest BCUT2D eigenvalue weighted by Crippen LogP contribution is 2.19. The van der Waals surface area contributed by atoms with Crippen molar-refractivity contribution in [2.45, 2.75) is 26.7 Å². The van der Waals surface area contributed by atoms with Crippen molar-refractivity contribution in [3.63, 3.8) is 0 Å². The summed E-state index contributed by atoms with van der Waals surface area (Å²) in [6, 6.07) is 5.93. The number of rotatable bonds is 5. The fourth-order valence-electron chi connectivity index (χ4n) is 2.01. The minimum atomic E-state index is -0.611. The van der Waals surface area contributed by atoms with Crippen LogP contribution in [0.15, 0.2) is 29.1 Å². The number of aromatic nitrogens is 2. The number of hydrogen-bond acceptors (Lipinski definition) is 3. The van der Waals surface area contributed by atoms with Crippen LogP contribution >= 0.6 is 0 Å². The van der Waals surface area contributed by atoms with Crippen molar-refractivity contribution >= 4 is 5.91 Å². The van der Waals surface area contributed by atoms with Gasteiger partial charge in [0.05, 0.1) is 5.69 Å². The summed E-state index contributed by atoms with van der Waals surface area (Å²) < 4.78 is 13.3. The number of unbranched alkanes of at least 4 members (excludes halogenated alkanes) is 1. The first-order valence-electron chi connectivity index (χ1n) is 7.17. The Labute approximate surface area is 127 Å². The van der Waals surface area contributed by atoms with Gasteiger partial charge in [0.25, 0.3) is 5.91 Å². The molecule has 6 heteroatoms. The molecule has 0 unspecified atom stereocenters. The lowest BCUT2D eigenvalue weighted by molar-refractivity contribution is 0.0947. The number of H-pyrrole nitrogens is 1. The number of benzene rings is 1. The summed E-state index contributed by atoms with van der Waals surface area (Å²) in [5.41, 5.74) is 0.918. The molecule has 2 rings (SSSR count). The van der Waals surface area contributed by atoms with Crippen LogP contribution in [0.25, 0.3) is 11.3 Å². The van der Waals surface area contributed by atoms with Crippen LogP contribution in [0, 0.1) is 12.7 Å².